The lowest BCUT2D eigenvalue weighted by Crippen LogP contribution is -2.41. The Bertz CT molecular complexity index is 383. The zero-order valence-electron chi connectivity index (χ0n) is 10.6. The van der Waals surface area contributed by atoms with Gasteiger partial charge in [0.05, 0.1) is 5.69 Å². The Kier molecular flexibility index (Phi) is 2.48. The molecule has 0 spiro atoms. The molecular formula is C13H19NO2. The highest BCUT2D eigenvalue weighted by atomic mass is 17.0. The van der Waals surface area contributed by atoms with E-state index in [0.29, 0.717) is 0 Å². The van der Waals surface area contributed by atoms with Crippen LogP contribution in [0.2, 0.25) is 0 Å². The second-order valence-electron chi connectivity index (χ2n) is 5.25. The molecule has 0 bridgehead atoms. The molecule has 0 amide bonds. The summed E-state index contributed by atoms with van der Waals surface area (Å²) in [5, 5.41) is 1.54. The molecule has 0 N–H and O–H groups in total. The van der Waals surface area contributed by atoms with Crippen LogP contribution in [-0.4, -0.2) is 11.2 Å². The Morgan fingerprint density at radius 3 is 1.94 bits per heavy atom. The smallest absolute Gasteiger partial charge is 0.124 e. The van der Waals surface area contributed by atoms with E-state index >= 15 is 0 Å². The highest BCUT2D eigenvalue weighted by Crippen LogP contribution is 2.40. The standard InChI is InChI=1S/C13H19NO2/c1-10-8-6-7-9-11(10)14-15-12(2,3)13(4,5)16-14/h6-9H,1-5H3. The van der Waals surface area contributed by atoms with Crippen molar-refractivity contribution in [1.82, 2.24) is 0 Å². The van der Waals surface area contributed by atoms with Gasteiger partial charge < -0.3 is 0 Å². The molecule has 0 aliphatic carbocycles. The minimum atomic E-state index is -0.338. The van der Waals surface area contributed by atoms with E-state index in [0.717, 1.165) is 11.3 Å². The van der Waals surface area contributed by atoms with Crippen molar-refractivity contribution in [1.29, 1.82) is 0 Å². The fourth-order valence-electron chi connectivity index (χ4n) is 1.52. The maximum absolute atomic E-state index is 5.84. The van der Waals surface area contributed by atoms with Crippen LogP contribution in [0.5, 0.6) is 0 Å². The summed E-state index contributed by atoms with van der Waals surface area (Å²) < 4.78 is 0. The van der Waals surface area contributed by atoms with Crippen LogP contribution in [0, 0.1) is 6.92 Å². The average Bonchev–Trinajstić information content (AvgIpc) is 2.36. The van der Waals surface area contributed by atoms with Crippen LogP contribution in [0.1, 0.15) is 33.3 Å². The minimum absolute atomic E-state index is 0.338. The molecular weight excluding hydrogens is 202 g/mol. The van der Waals surface area contributed by atoms with E-state index in [1.54, 1.807) is 0 Å². The third-order valence-electron chi connectivity index (χ3n) is 3.38. The van der Waals surface area contributed by atoms with Gasteiger partial charge in [0.1, 0.15) is 11.2 Å². The van der Waals surface area contributed by atoms with E-state index in [1.165, 1.54) is 5.23 Å². The van der Waals surface area contributed by atoms with Crippen molar-refractivity contribution in [2.45, 2.75) is 45.8 Å². The largest absolute Gasteiger partial charge is 0.239 e. The van der Waals surface area contributed by atoms with Gasteiger partial charge in [0.15, 0.2) is 0 Å². The summed E-state index contributed by atoms with van der Waals surface area (Å²) in [6.07, 6.45) is 0. The topological polar surface area (TPSA) is 21.7 Å². The molecule has 1 heterocycles. The molecule has 16 heavy (non-hydrogen) atoms. The molecule has 1 saturated heterocycles. The molecule has 88 valence electrons. The maximum atomic E-state index is 5.84. The summed E-state index contributed by atoms with van der Waals surface area (Å²) in [6.45, 7) is 10.2. The summed E-state index contributed by atoms with van der Waals surface area (Å²) in [5.74, 6) is 0. The number of aryl methyl sites for hydroxylation is 1. The molecule has 1 aliphatic rings. The highest BCUT2D eigenvalue weighted by molar-refractivity contribution is 5.49. The molecule has 1 aromatic carbocycles. The first kappa shape index (κ1) is 11.4. The van der Waals surface area contributed by atoms with Crippen LogP contribution in [0.4, 0.5) is 5.69 Å². The lowest BCUT2D eigenvalue weighted by atomic mass is 9.90. The predicted octanol–water partition coefficient (Wildman–Crippen LogP) is 3.24. The van der Waals surface area contributed by atoms with Crippen molar-refractivity contribution in [2.24, 2.45) is 0 Å². The third-order valence-corrected chi connectivity index (χ3v) is 3.38. The number of hydrogen-bond donors (Lipinski definition) is 0. The Morgan fingerprint density at radius 1 is 0.938 bits per heavy atom. The van der Waals surface area contributed by atoms with Gasteiger partial charge in [-0.25, -0.2) is 9.68 Å². The predicted molar refractivity (Wildman–Crippen MR) is 64.0 cm³/mol. The second-order valence-corrected chi connectivity index (χ2v) is 5.25. The van der Waals surface area contributed by atoms with Crippen molar-refractivity contribution in [3.63, 3.8) is 0 Å². The van der Waals surface area contributed by atoms with Crippen molar-refractivity contribution < 1.29 is 9.68 Å². The van der Waals surface area contributed by atoms with Gasteiger partial charge in [-0.2, -0.15) is 0 Å². The van der Waals surface area contributed by atoms with Gasteiger partial charge in [-0.05, 0) is 46.2 Å². The first-order valence-electron chi connectivity index (χ1n) is 5.57. The minimum Gasteiger partial charge on any atom is -0.239 e. The molecule has 3 heteroatoms. The summed E-state index contributed by atoms with van der Waals surface area (Å²) >= 11 is 0. The highest BCUT2D eigenvalue weighted by Gasteiger charge is 2.50. The van der Waals surface area contributed by atoms with Gasteiger partial charge in [0, 0.05) is 0 Å². The van der Waals surface area contributed by atoms with Gasteiger partial charge in [0.2, 0.25) is 0 Å². The Hall–Kier alpha value is -1.06. The van der Waals surface area contributed by atoms with Crippen molar-refractivity contribution in [3.05, 3.63) is 29.8 Å². The molecule has 0 aromatic heterocycles. The van der Waals surface area contributed by atoms with E-state index in [9.17, 15) is 0 Å². The molecule has 0 radical (unpaired) electrons. The van der Waals surface area contributed by atoms with Gasteiger partial charge in [0.25, 0.3) is 0 Å². The van der Waals surface area contributed by atoms with Crippen molar-refractivity contribution in [2.75, 3.05) is 5.23 Å². The van der Waals surface area contributed by atoms with Crippen LogP contribution in [0.25, 0.3) is 0 Å². The fourth-order valence-corrected chi connectivity index (χ4v) is 1.52. The molecule has 0 atom stereocenters. The van der Waals surface area contributed by atoms with E-state index < -0.39 is 0 Å². The molecule has 1 aromatic rings. The zero-order chi connectivity index (χ0) is 12.0. The number of hydrogen-bond acceptors (Lipinski definition) is 3. The monoisotopic (exact) mass is 221 g/mol. The van der Waals surface area contributed by atoms with Crippen LogP contribution in [0.3, 0.4) is 0 Å². The van der Waals surface area contributed by atoms with E-state index in [1.807, 2.05) is 58.9 Å². The van der Waals surface area contributed by atoms with Crippen LogP contribution in [-0.2, 0) is 9.68 Å². The normalized spacial score (nSPS) is 22.4. The van der Waals surface area contributed by atoms with E-state index in [4.69, 9.17) is 9.68 Å². The lowest BCUT2D eigenvalue weighted by molar-refractivity contribution is -0.0275. The second kappa shape index (κ2) is 3.47. The van der Waals surface area contributed by atoms with Gasteiger partial charge in [-0.3, -0.25) is 0 Å². The summed E-state index contributed by atoms with van der Waals surface area (Å²) in [4.78, 5) is 11.7. The number of anilines is 1. The third kappa shape index (κ3) is 1.70. The Balaban J connectivity index is 2.31. The molecule has 3 nitrogen and oxygen atoms in total. The molecule has 2 rings (SSSR count). The Morgan fingerprint density at radius 2 is 1.44 bits per heavy atom. The molecule has 0 saturated carbocycles. The molecule has 1 fully saturated rings. The summed E-state index contributed by atoms with van der Waals surface area (Å²) in [5.41, 5.74) is 1.42. The van der Waals surface area contributed by atoms with E-state index in [-0.39, 0.29) is 11.2 Å². The van der Waals surface area contributed by atoms with Gasteiger partial charge in [-0.1, -0.05) is 18.2 Å². The van der Waals surface area contributed by atoms with Crippen LogP contribution >= 0.6 is 0 Å². The SMILES string of the molecule is Cc1ccccc1N1OC(C)(C)C(C)(C)O1. The van der Waals surface area contributed by atoms with Gasteiger partial charge in [-0.15, -0.1) is 5.23 Å². The van der Waals surface area contributed by atoms with Crippen LogP contribution < -0.4 is 5.23 Å². The fraction of sp³-hybridized carbons (Fsp3) is 0.538. The maximum Gasteiger partial charge on any atom is 0.124 e. The lowest BCUT2D eigenvalue weighted by Gasteiger charge is -2.26. The molecule has 0 unspecified atom stereocenters. The first-order valence-corrected chi connectivity index (χ1v) is 5.57. The Labute approximate surface area is 96.9 Å². The number of nitrogens with zero attached hydrogens (tertiary/aromatic N) is 1. The zero-order valence-corrected chi connectivity index (χ0v) is 10.6. The first-order chi connectivity index (χ1) is 7.33. The quantitative estimate of drug-likeness (QED) is 0.726. The van der Waals surface area contributed by atoms with Gasteiger partial charge >= 0.3 is 0 Å². The van der Waals surface area contributed by atoms with E-state index in [2.05, 4.69) is 0 Å². The average molecular weight is 221 g/mol. The van der Waals surface area contributed by atoms with Crippen molar-refractivity contribution >= 4 is 5.69 Å². The number of rotatable bonds is 1. The van der Waals surface area contributed by atoms with Crippen LogP contribution in [0.15, 0.2) is 24.3 Å². The number of para-hydroxylation sites is 1. The number of benzene rings is 1. The molecule has 1 aliphatic heterocycles. The summed E-state index contributed by atoms with van der Waals surface area (Å²) in [6, 6.07) is 8.02. The van der Waals surface area contributed by atoms with Crippen molar-refractivity contribution in [3.8, 4) is 0 Å². The summed E-state index contributed by atoms with van der Waals surface area (Å²) in [7, 11) is 0.